The molecule has 0 aromatic heterocycles. The van der Waals surface area contributed by atoms with Crippen LogP contribution in [0.25, 0.3) is 0 Å². The Morgan fingerprint density at radius 1 is 1.22 bits per heavy atom. The summed E-state index contributed by atoms with van der Waals surface area (Å²) in [6.07, 6.45) is 5.35. The Bertz CT molecular complexity index is 356. The first-order valence-electron chi connectivity index (χ1n) is 7.28. The van der Waals surface area contributed by atoms with Crippen molar-refractivity contribution >= 4 is 9.84 Å². The minimum Gasteiger partial charge on any atom is -0.314 e. The van der Waals surface area contributed by atoms with Crippen LogP contribution in [0.15, 0.2) is 0 Å². The van der Waals surface area contributed by atoms with E-state index in [4.69, 9.17) is 0 Å². The van der Waals surface area contributed by atoms with Gasteiger partial charge < -0.3 is 5.32 Å². The summed E-state index contributed by atoms with van der Waals surface area (Å²) >= 11 is 0. The van der Waals surface area contributed by atoms with Crippen LogP contribution in [0.5, 0.6) is 0 Å². The van der Waals surface area contributed by atoms with Gasteiger partial charge in [0.1, 0.15) is 0 Å². The van der Waals surface area contributed by atoms with Gasteiger partial charge >= 0.3 is 0 Å². The van der Waals surface area contributed by atoms with Crippen molar-refractivity contribution in [1.82, 2.24) is 10.2 Å². The number of rotatable bonds is 2. The first-order valence-corrected chi connectivity index (χ1v) is 9.11. The molecule has 106 valence electrons. The average molecular weight is 274 g/mol. The second kappa shape index (κ2) is 6.35. The Labute approximate surface area is 111 Å². The van der Waals surface area contributed by atoms with Crippen LogP contribution in [-0.4, -0.2) is 56.5 Å². The van der Waals surface area contributed by atoms with Crippen molar-refractivity contribution < 1.29 is 8.42 Å². The van der Waals surface area contributed by atoms with E-state index in [9.17, 15) is 8.42 Å². The summed E-state index contributed by atoms with van der Waals surface area (Å²) in [5.41, 5.74) is 0. The molecule has 2 saturated heterocycles. The van der Waals surface area contributed by atoms with Gasteiger partial charge in [0.2, 0.25) is 0 Å². The Balaban J connectivity index is 1.94. The standard InChI is InChI=1S/C13H26N2O2S/c1-2-12-6-9-15(8-4-7-14-12)13-5-3-10-18(16,17)11-13/h12-14H,2-11H2,1H3. The molecule has 4 nitrogen and oxygen atoms in total. The summed E-state index contributed by atoms with van der Waals surface area (Å²) < 4.78 is 23.5. The topological polar surface area (TPSA) is 49.4 Å². The predicted octanol–water partition coefficient (Wildman–Crippen LogP) is 1.03. The van der Waals surface area contributed by atoms with Gasteiger partial charge in [-0.3, -0.25) is 4.90 Å². The first kappa shape index (κ1) is 14.3. The fraction of sp³-hybridized carbons (Fsp3) is 1.00. The van der Waals surface area contributed by atoms with Crippen molar-refractivity contribution in [2.45, 2.75) is 51.1 Å². The molecule has 2 aliphatic rings. The van der Waals surface area contributed by atoms with Gasteiger partial charge in [0.05, 0.1) is 11.5 Å². The van der Waals surface area contributed by atoms with Crippen LogP contribution >= 0.6 is 0 Å². The zero-order valence-corrected chi connectivity index (χ0v) is 12.2. The molecule has 0 spiro atoms. The Kier molecular flexibility index (Phi) is 5.04. The summed E-state index contributed by atoms with van der Waals surface area (Å²) in [5, 5.41) is 3.57. The Hall–Kier alpha value is -0.130. The van der Waals surface area contributed by atoms with Crippen LogP contribution in [-0.2, 0) is 9.84 Å². The zero-order valence-electron chi connectivity index (χ0n) is 11.4. The van der Waals surface area contributed by atoms with E-state index in [0.29, 0.717) is 17.5 Å². The fourth-order valence-corrected chi connectivity index (χ4v) is 4.86. The van der Waals surface area contributed by atoms with E-state index in [-0.39, 0.29) is 6.04 Å². The highest BCUT2D eigenvalue weighted by atomic mass is 32.2. The van der Waals surface area contributed by atoms with Gasteiger partial charge in [-0.15, -0.1) is 0 Å². The molecule has 0 radical (unpaired) electrons. The average Bonchev–Trinajstić information content (AvgIpc) is 2.28. The summed E-state index contributed by atoms with van der Waals surface area (Å²) in [7, 11) is -2.78. The third-order valence-electron chi connectivity index (χ3n) is 4.27. The molecule has 18 heavy (non-hydrogen) atoms. The highest BCUT2D eigenvalue weighted by Gasteiger charge is 2.29. The van der Waals surface area contributed by atoms with Crippen molar-refractivity contribution in [2.24, 2.45) is 0 Å². The molecule has 0 aromatic carbocycles. The molecule has 5 heteroatoms. The zero-order chi connectivity index (χ0) is 13.0. The van der Waals surface area contributed by atoms with Gasteiger partial charge in [-0.1, -0.05) is 6.92 Å². The Morgan fingerprint density at radius 2 is 2.06 bits per heavy atom. The molecule has 2 aliphatic heterocycles. The number of hydrogen-bond donors (Lipinski definition) is 1. The lowest BCUT2D eigenvalue weighted by Crippen LogP contribution is -2.48. The van der Waals surface area contributed by atoms with Crippen molar-refractivity contribution in [3.63, 3.8) is 0 Å². The minimum absolute atomic E-state index is 0.277. The first-order chi connectivity index (χ1) is 8.61. The van der Waals surface area contributed by atoms with Gasteiger partial charge in [-0.2, -0.15) is 0 Å². The number of sulfone groups is 1. The van der Waals surface area contributed by atoms with Gasteiger partial charge in [0.25, 0.3) is 0 Å². The van der Waals surface area contributed by atoms with Gasteiger partial charge in [0.15, 0.2) is 9.84 Å². The summed E-state index contributed by atoms with van der Waals surface area (Å²) in [4.78, 5) is 2.43. The molecular weight excluding hydrogens is 248 g/mol. The minimum atomic E-state index is -2.78. The van der Waals surface area contributed by atoms with Gasteiger partial charge in [0, 0.05) is 12.1 Å². The summed E-state index contributed by atoms with van der Waals surface area (Å²) in [6, 6.07) is 0.882. The van der Waals surface area contributed by atoms with E-state index >= 15 is 0 Å². The molecule has 0 aliphatic carbocycles. The third kappa shape index (κ3) is 3.93. The maximum absolute atomic E-state index is 11.7. The number of nitrogens with zero attached hydrogens (tertiary/aromatic N) is 1. The fourth-order valence-electron chi connectivity index (χ4n) is 3.12. The molecule has 0 aromatic rings. The molecule has 1 N–H and O–H groups in total. The van der Waals surface area contributed by atoms with Crippen molar-refractivity contribution in [3.8, 4) is 0 Å². The third-order valence-corrected chi connectivity index (χ3v) is 6.07. The lowest BCUT2D eigenvalue weighted by Gasteiger charge is -2.36. The van der Waals surface area contributed by atoms with Crippen LogP contribution in [0.1, 0.15) is 39.0 Å². The molecule has 0 saturated carbocycles. The quantitative estimate of drug-likeness (QED) is 0.817. The molecule has 0 bridgehead atoms. The summed E-state index contributed by atoms with van der Waals surface area (Å²) in [5.74, 6) is 0.785. The molecule has 2 fully saturated rings. The van der Waals surface area contributed by atoms with E-state index in [1.54, 1.807) is 0 Å². The molecular formula is C13H26N2O2S. The van der Waals surface area contributed by atoms with Crippen LogP contribution in [0, 0.1) is 0 Å². The van der Waals surface area contributed by atoms with Crippen LogP contribution in [0.4, 0.5) is 0 Å². The van der Waals surface area contributed by atoms with Crippen LogP contribution in [0.2, 0.25) is 0 Å². The monoisotopic (exact) mass is 274 g/mol. The molecule has 2 unspecified atom stereocenters. The molecule has 2 atom stereocenters. The maximum Gasteiger partial charge on any atom is 0.151 e. The van der Waals surface area contributed by atoms with E-state index in [1.807, 2.05) is 0 Å². The van der Waals surface area contributed by atoms with E-state index < -0.39 is 9.84 Å². The normalized spacial score (nSPS) is 34.7. The SMILES string of the molecule is CCC1CCN(C2CCCS(=O)(=O)C2)CCCN1. The second-order valence-electron chi connectivity index (χ2n) is 5.65. The lowest BCUT2D eigenvalue weighted by atomic mass is 10.1. The van der Waals surface area contributed by atoms with Crippen molar-refractivity contribution in [1.29, 1.82) is 0 Å². The van der Waals surface area contributed by atoms with Crippen LogP contribution < -0.4 is 5.32 Å². The Morgan fingerprint density at radius 3 is 2.78 bits per heavy atom. The van der Waals surface area contributed by atoms with E-state index in [2.05, 4.69) is 17.1 Å². The van der Waals surface area contributed by atoms with Crippen molar-refractivity contribution in [3.05, 3.63) is 0 Å². The second-order valence-corrected chi connectivity index (χ2v) is 7.88. The highest BCUT2D eigenvalue weighted by molar-refractivity contribution is 7.91. The molecule has 2 rings (SSSR count). The molecule has 2 heterocycles. The maximum atomic E-state index is 11.7. The van der Waals surface area contributed by atoms with Gasteiger partial charge in [-0.05, 0) is 51.7 Å². The van der Waals surface area contributed by atoms with Crippen molar-refractivity contribution in [2.75, 3.05) is 31.1 Å². The van der Waals surface area contributed by atoms with E-state index in [1.165, 1.54) is 0 Å². The smallest absolute Gasteiger partial charge is 0.151 e. The summed E-state index contributed by atoms with van der Waals surface area (Å²) in [6.45, 7) is 5.37. The molecule has 0 amide bonds. The largest absolute Gasteiger partial charge is 0.314 e. The predicted molar refractivity (Wildman–Crippen MR) is 74.6 cm³/mol. The number of nitrogens with one attached hydrogen (secondary N) is 1. The highest BCUT2D eigenvalue weighted by Crippen LogP contribution is 2.19. The van der Waals surface area contributed by atoms with Gasteiger partial charge in [-0.25, -0.2) is 8.42 Å². The lowest BCUT2D eigenvalue weighted by molar-refractivity contribution is 0.171. The van der Waals surface area contributed by atoms with Crippen LogP contribution in [0.3, 0.4) is 0 Å². The van der Waals surface area contributed by atoms with E-state index in [0.717, 1.165) is 51.7 Å². The number of hydrogen-bond acceptors (Lipinski definition) is 4.